The molecule has 0 aliphatic carbocycles. The van der Waals surface area contributed by atoms with Gasteiger partial charge in [-0.2, -0.15) is 0 Å². The maximum Gasteiger partial charge on any atom is 0.264 e. The molecule has 5 nitrogen and oxygen atoms in total. The molecule has 1 heterocycles. The van der Waals surface area contributed by atoms with Gasteiger partial charge in [0, 0.05) is 30.9 Å². The predicted molar refractivity (Wildman–Crippen MR) is 85.7 cm³/mol. The Hall–Kier alpha value is -2.69. The van der Waals surface area contributed by atoms with Gasteiger partial charge >= 0.3 is 0 Å². The minimum atomic E-state index is -0.0396. The van der Waals surface area contributed by atoms with Crippen LogP contribution in [0.25, 0.3) is 0 Å². The molecule has 0 unspecified atom stereocenters. The third kappa shape index (κ3) is 2.70. The van der Waals surface area contributed by atoms with Crippen LogP contribution in [-0.2, 0) is 11.3 Å². The number of amides is 1. The number of hydrogen-bond acceptors (Lipinski definition) is 4. The molecule has 114 valence electrons. The third-order valence-electron chi connectivity index (χ3n) is 3.72. The van der Waals surface area contributed by atoms with Gasteiger partial charge in [-0.3, -0.25) is 4.79 Å². The number of nitrogens with zero attached hydrogens (tertiary/aromatic N) is 1. The molecule has 0 atom stereocenters. The highest BCUT2D eigenvalue weighted by molar-refractivity contribution is 5.97. The number of rotatable bonds is 4. The summed E-state index contributed by atoms with van der Waals surface area (Å²) in [4.78, 5) is 13.2. The molecule has 22 heavy (non-hydrogen) atoms. The Morgan fingerprint density at radius 1 is 1.27 bits per heavy atom. The van der Waals surface area contributed by atoms with Crippen molar-refractivity contribution in [3.63, 3.8) is 0 Å². The molecule has 0 spiro atoms. The minimum Gasteiger partial charge on any atom is -0.496 e. The fourth-order valence-corrected chi connectivity index (χ4v) is 2.43. The summed E-state index contributed by atoms with van der Waals surface area (Å²) in [5.74, 6) is 1.53. The summed E-state index contributed by atoms with van der Waals surface area (Å²) in [5.41, 5.74) is 2.81. The fraction of sp³-hybridized carbons (Fsp3) is 0.235. The minimum absolute atomic E-state index is 0.0396. The molecule has 0 saturated carbocycles. The lowest BCUT2D eigenvalue weighted by molar-refractivity contribution is -0.120. The molecule has 1 aliphatic heterocycles. The number of hydrogen-bond donors (Lipinski definition) is 1. The van der Waals surface area contributed by atoms with Crippen LogP contribution in [0.3, 0.4) is 0 Å². The van der Waals surface area contributed by atoms with Crippen molar-refractivity contribution in [2.24, 2.45) is 0 Å². The molecular weight excluding hydrogens is 280 g/mol. The molecule has 0 saturated heterocycles. The lowest BCUT2D eigenvalue weighted by Gasteiger charge is -2.26. The number of ether oxygens (including phenoxy) is 2. The van der Waals surface area contributed by atoms with Gasteiger partial charge < -0.3 is 19.7 Å². The van der Waals surface area contributed by atoms with Crippen molar-refractivity contribution in [3.8, 4) is 11.5 Å². The lowest BCUT2D eigenvalue weighted by atomic mass is 10.2. The first-order chi connectivity index (χ1) is 10.7. The van der Waals surface area contributed by atoms with E-state index in [-0.39, 0.29) is 12.5 Å². The monoisotopic (exact) mass is 298 g/mol. The summed E-state index contributed by atoms with van der Waals surface area (Å²) in [6.45, 7) is 0.733. The Balaban J connectivity index is 1.75. The van der Waals surface area contributed by atoms with Crippen molar-refractivity contribution in [1.82, 2.24) is 0 Å². The Labute approximate surface area is 129 Å². The molecule has 1 N–H and O–H groups in total. The summed E-state index contributed by atoms with van der Waals surface area (Å²) >= 11 is 0. The summed E-state index contributed by atoms with van der Waals surface area (Å²) < 4.78 is 10.8. The van der Waals surface area contributed by atoms with Crippen molar-refractivity contribution in [2.45, 2.75) is 6.54 Å². The second kappa shape index (κ2) is 5.97. The molecule has 0 radical (unpaired) electrons. The van der Waals surface area contributed by atoms with Crippen LogP contribution in [0, 0.1) is 0 Å². The van der Waals surface area contributed by atoms with E-state index in [1.165, 1.54) is 0 Å². The van der Waals surface area contributed by atoms with E-state index >= 15 is 0 Å². The maximum atomic E-state index is 11.6. The number of benzene rings is 2. The van der Waals surface area contributed by atoms with Crippen molar-refractivity contribution >= 4 is 17.3 Å². The van der Waals surface area contributed by atoms with Crippen LogP contribution in [0.4, 0.5) is 11.4 Å². The predicted octanol–water partition coefficient (Wildman–Crippen LogP) is 2.66. The zero-order valence-corrected chi connectivity index (χ0v) is 12.6. The number of nitrogens with one attached hydrogen (secondary N) is 1. The number of para-hydroxylation sites is 1. The standard InChI is InChI=1S/C17H18N2O3/c1-19-14-8-7-13(9-16(14)22-11-17(19)20)18-10-12-5-3-4-6-15(12)21-2/h3-9,18H,10-11H2,1-2H3. The molecule has 3 rings (SSSR count). The van der Waals surface area contributed by atoms with Gasteiger partial charge in [0.2, 0.25) is 0 Å². The van der Waals surface area contributed by atoms with E-state index in [2.05, 4.69) is 5.32 Å². The summed E-state index contributed by atoms with van der Waals surface area (Å²) in [5, 5.41) is 3.35. The Morgan fingerprint density at radius 2 is 2.09 bits per heavy atom. The first kappa shape index (κ1) is 14.3. The maximum absolute atomic E-state index is 11.6. The second-order valence-electron chi connectivity index (χ2n) is 5.09. The largest absolute Gasteiger partial charge is 0.496 e. The number of anilines is 2. The molecule has 2 aromatic rings. The van der Waals surface area contributed by atoms with Gasteiger partial charge in [0.05, 0.1) is 12.8 Å². The van der Waals surface area contributed by atoms with E-state index in [0.29, 0.717) is 12.3 Å². The first-order valence-electron chi connectivity index (χ1n) is 7.08. The fourth-order valence-electron chi connectivity index (χ4n) is 2.43. The van der Waals surface area contributed by atoms with Crippen LogP contribution in [0.15, 0.2) is 42.5 Å². The second-order valence-corrected chi connectivity index (χ2v) is 5.09. The molecule has 1 aliphatic rings. The SMILES string of the molecule is COc1ccccc1CNc1ccc2c(c1)OCC(=O)N2C. The van der Waals surface area contributed by atoms with E-state index in [1.54, 1.807) is 19.1 Å². The normalized spacial score (nSPS) is 13.4. The first-order valence-corrected chi connectivity index (χ1v) is 7.08. The van der Waals surface area contributed by atoms with Gasteiger partial charge in [0.1, 0.15) is 11.5 Å². The van der Waals surface area contributed by atoms with E-state index in [9.17, 15) is 4.79 Å². The zero-order valence-electron chi connectivity index (χ0n) is 12.6. The number of fused-ring (bicyclic) bond motifs is 1. The Morgan fingerprint density at radius 3 is 2.91 bits per heavy atom. The summed E-state index contributed by atoms with van der Waals surface area (Å²) in [6, 6.07) is 13.6. The van der Waals surface area contributed by atoms with Gasteiger partial charge in [0.25, 0.3) is 5.91 Å². The summed E-state index contributed by atoms with van der Waals surface area (Å²) in [7, 11) is 3.42. The van der Waals surface area contributed by atoms with Crippen LogP contribution in [-0.4, -0.2) is 26.7 Å². The average molecular weight is 298 g/mol. The van der Waals surface area contributed by atoms with Crippen LogP contribution in [0.2, 0.25) is 0 Å². The molecule has 2 aromatic carbocycles. The lowest BCUT2D eigenvalue weighted by Crippen LogP contribution is -2.35. The van der Waals surface area contributed by atoms with Gasteiger partial charge in [0.15, 0.2) is 6.61 Å². The van der Waals surface area contributed by atoms with Crippen molar-refractivity contribution in [1.29, 1.82) is 0 Å². The Bertz CT molecular complexity index is 700. The average Bonchev–Trinajstić information content (AvgIpc) is 2.56. The quantitative estimate of drug-likeness (QED) is 0.943. The number of methoxy groups -OCH3 is 1. The van der Waals surface area contributed by atoms with Crippen LogP contribution in [0.1, 0.15) is 5.56 Å². The topological polar surface area (TPSA) is 50.8 Å². The van der Waals surface area contributed by atoms with Crippen LogP contribution >= 0.6 is 0 Å². The highest BCUT2D eigenvalue weighted by Crippen LogP contribution is 2.33. The van der Waals surface area contributed by atoms with Gasteiger partial charge in [-0.1, -0.05) is 18.2 Å². The zero-order chi connectivity index (χ0) is 15.5. The molecule has 0 aromatic heterocycles. The van der Waals surface area contributed by atoms with Crippen molar-refractivity contribution in [2.75, 3.05) is 31.0 Å². The number of carbonyl (C=O) groups excluding carboxylic acids is 1. The highest BCUT2D eigenvalue weighted by Gasteiger charge is 2.22. The van der Waals surface area contributed by atoms with Crippen LogP contribution in [0.5, 0.6) is 11.5 Å². The van der Waals surface area contributed by atoms with Crippen molar-refractivity contribution in [3.05, 3.63) is 48.0 Å². The van der Waals surface area contributed by atoms with Crippen LogP contribution < -0.4 is 19.7 Å². The molecule has 5 heteroatoms. The molecule has 0 fully saturated rings. The van der Waals surface area contributed by atoms with E-state index in [0.717, 1.165) is 22.7 Å². The third-order valence-corrected chi connectivity index (χ3v) is 3.72. The van der Waals surface area contributed by atoms with Gasteiger partial charge in [-0.05, 0) is 18.2 Å². The van der Waals surface area contributed by atoms with Crippen molar-refractivity contribution < 1.29 is 14.3 Å². The molecule has 1 amide bonds. The Kier molecular flexibility index (Phi) is 3.87. The number of carbonyl (C=O) groups is 1. The van der Waals surface area contributed by atoms with E-state index in [4.69, 9.17) is 9.47 Å². The van der Waals surface area contributed by atoms with Gasteiger partial charge in [-0.25, -0.2) is 0 Å². The van der Waals surface area contributed by atoms with E-state index < -0.39 is 0 Å². The smallest absolute Gasteiger partial charge is 0.264 e. The number of likely N-dealkylation sites (N-methyl/N-ethyl adjacent to an activating group) is 1. The highest BCUT2D eigenvalue weighted by atomic mass is 16.5. The molecule has 0 bridgehead atoms. The van der Waals surface area contributed by atoms with Gasteiger partial charge in [-0.15, -0.1) is 0 Å². The summed E-state index contributed by atoms with van der Waals surface area (Å²) in [6.07, 6.45) is 0. The van der Waals surface area contributed by atoms with E-state index in [1.807, 2.05) is 42.5 Å². The molecular formula is C17H18N2O3.